The monoisotopic (exact) mass is 230 g/mol. The third kappa shape index (κ3) is 18.8. The van der Waals surface area contributed by atoms with Gasteiger partial charge in [-0.15, -0.1) is 0 Å². The fraction of sp³-hybridized carbons (Fsp3) is 0.833. The zero-order chi connectivity index (χ0) is 10.7. The van der Waals surface area contributed by atoms with E-state index in [1.807, 2.05) is 0 Å². The van der Waals surface area contributed by atoms with Crippen LogP contribution in [0.1, 0.15) is 0 Å². The molecule has 0 aromatic heterocycles. The van der Waals surface area contributed by atoms with Crippen LogP contribution in [-0.4, -0.2) is 52.3 Å². The van der Waals surface area contributed by atoms with Crippen molar-refractivity contribution in [2.45, 2.75) is 4.58 Å². The number of rotatable bonds is 5. The van der Waals surface area contributed by atoms with Crippen LogP contribution < -0.4 is 0 Å². The Morgan fingerprint density at radius 3 is 1.69 bits per heavy atom. The number of aliphatic hydroxyl groups is 2. The summed E-state index contributed by atoms with van der Waals surface area (Å²) in [5.41, 5.74) is 0. The van der Waals surface area contributed by atoms with Crippen LogP contribution in [0, 0.1) is 0 Å². The molecule has 0 saturated carbocycles. The average Bonchev–Trinajstić information content (AvgIpc) is 2.06. The van der Waals surface area contributed by atoms with Crippen LogP contribution in [0.4, 0.5) is 0 Å². The molecule has 0 saturated heterocycles. The largest absolute Gasteiger partial charge is 0.480 e. The van der Waals surface area contributed by atoms with E-state index in [0.29, 0.717) is 13.2 Å². The van der Waals surface area contributed by atoms with E-state index >= 15 is 0 Å². The molecule has 0 aliphatic rings. The summed E-state index contributed by atoms with van der Waals surface area (Å²) in [5.74, 6) is -1.01. The van der Waals surface area contributed by atoms with Gasteiger partial charge in [-0.25, -0.2) is 0 Å². The lowest BCUT2D eigenvalue weighted by atomic mass is 10.7. The normalized spacial score (nSPS) is 9.31. The highest BCUT2D eigenvalue weighted by molar-refractivity contribution is 8.00. The van der Waals surface area contributed by atoms with Gasteiger partial charge in [-0.2, -0.15) is 25.3 Å². The van der Waals surface area contributed by atoms with Crippen LogP contribution in [0.25, 0.3) is 0 Å². The summed E-state index contributed by atoms with van der Waals surface area (Å²) in [7, 11) is 0. The molecule has 0 bridgehead atoms. The topological polar surface area (TPSA) is 87.0 Å². The number of thiol groups is 2. The van der Waals surface area contributed by atoms with E-state index in [1.165, 1.54) is 0 Å². The van der Waals surface area contributed by atoms with Crippen LogP contribution >= 0.6 is 25.3 Å². The molecule has 3 N–H and O–H groups in total. The first-order valence-corrected chi connectivity index (χ1v) is 4.48. The molecule has 0 amide bonds. The minimum atomic E-state index is -1.01. The van der Waals surface area contributed by atoms with Gasteiger partial charge in [-0.3, -0.25) is 4.79 Å². The standard InChI is InChI=1S/C4H10O3.C2H4O2S2/c5-1-3-7-4-2-6;3-1(4)2(5)6/h5-6H,1-4H2;2,5-6H,(H,3,4). The molecule has 0 rings (SSSR count). The highest BCUT2D eigenvalue weighted by atomic mass is 32.2. The Hall–Kier alpha value is 0.0500. The number of carboxylic acid groups (broad SMARTS) is 1. The van der Waals surface area contributed by atoms with Crippen molar-refractivity contribution in [3.63, 3.8) is 0 Å². The van der Waals surface area contributed by atoms with Crippen molar-refractivity contribution >= 4 is 31.2 Å². The number of aliphatic hydroxyl groups excluding tert-OH is 2. The van der Waals surface area contributed by atoms with Crippen LogP contribution in [0.15, 0.2) is 0 Å². The molecule has 0 spiro atoms. The van der Waals surface area contributed by atoms with E-state index in [0.717, 1.165) is 0 Å². The molecule has 0 fully saturated rings. The zero-order valence-corrected chi connectivity index (χ0v) is 8.75. The fourth-order valence-corrected chi connectivity index (χ4v) is 0.231. The van der Waals surface area contributed by atoms with Crippen molar-refractivity contribution in [2.75, 3.05) is 26.4 Å². The van der Waals surface area contributed by atoms with Gasteiger partial charge in [0.25, 0.3) is 0 Å². The number of hydrogen-bond donors (Lipinski definition) is 5. The minimum absolute atomic E-state index is 0.0278. The summed E-state index contributed by atoms with van der Waals surface area (Å²) in [5, 5.41) is 24.0. The SMILES string of the molecule is O=C(O)C(S)S.OCCOCCO. The summed E-state index contributed by atoms with van der Waals surface area (Å²) < 4.78 is 3.79. The number of carboxylic acids is 1. The van der Waals surface area contributed by atoms with E-state index in [4.69, 9.17) is 15.3 Å². The van der Waals surface area contributed by atoms with Crippen LogP contribution in [0.3, 0.4) is 0 Å². The van der Waals surface area contributed by atoms with Gasteiger partial charge in [0.2, 0.25) is 0 Å². The third-order valence-electron chi connectivity index (χ3n) is 0.692. The minimum Gasteiger partial charge on any atom is -0.480 e. The van der Waals surface area contributed by atoms with E-state index in [1.54, 1.807) is 0 Å². The maximum atomic E-state index is 9.55. The predicted molar refractivity (Wildman–Crippen MR) is 54.4 cm³/mol. The Kier molecular flexibility index (Phi) is 14.4. The van der Waals surface area contributed by atoms with Gasteiger partial charge in [0.15, 0.2) is 0 Å². The van der Waals surface area contributed by atoms with Gasteiger partial charge in [0.05, 0.1) is 26.4 Å². The summed E-state index contributed by atoms with van der Waals surface area (Å²) in [6, 6.07) is 0. The molecule has 5 nitrogen and oxygen atoms in total. The lowest BCUT2D eigenvalue weighted by Crippen LogP contribution is -2.04. The third-order valence-corrected chi connectivity index (χ3v) is 1.13. The molecule has 0 aromatic carbocycles. The molecular weight excluding hydrogens is 216 g/mol. The lowest BCUT2D eigenvalue weighted by Gasteiger charge is -1.94. The van der Waals surface area contributed by atoms with E-state index in [9.17, 15) is 4.79 Å². The van der Waals surface area contributed by atoms with Crippen LogP contribution in [0.5, 0.6) is 0 Å². The number of hydrogen-bond acceptors (Lipinski definition) is 6. The molecule has 80 valence electrons. The second kappa shape index (κ2) is 12.0. The Morgan fingerprint density at radius 1 is 1.23 bits per heavy atom. The van der Waals surface area contributed by atoms with E-state index in [-0.39, 0.29) is 13.2 Å². The number of ether oxygens (including phenoxy) is 1. The number of carbonyl (C=O) groups is 1. The first-order chi connectivity index (χ1) is 6.06. The summed E-state index contributed by atoms with van der Waals surface area (Å²) >= 11 is 6.92. The summed E-state index contributed by atoms with van der Waals surface area (Å²) in [6.07, 6.45) is 0. The molecule has 0 heterocycles. The molecule has 0 atom stereocenters. The first-order valence-electron chi connectivity index (χ1n) is 3.44. The molecule has 0 radical (unpaired) electrons. The van der Waals surface area contributed by atoms with Gasteiger partial charge in [0.1, 0.15) is 4.58 Å². The van der Waals surface area contributed by atoms with Crippen LogP contribution in [0.2, 0.25) is 0 Å². The van der Waals surface area contributed by atoms with Crippen molar-refractivity contribution in [3.05, 3.63) is 0 Å². The Morgan fingerprint density at radius 2 is 1.54 bits per heavy atom. The number of aliphatic carboxylic acids is 1. The predicted octanol–water partition coefficient (Wildman–Crippen LogP) is -0.756. The quantitative estimate of drug-likeness (QED) is 0.244. The zero-order valence-electron chi connectivity index (χ0n) is 6.96. The molecule has 13 heavy (non-hydrogen) atoms. The van der Waals surface area contributed by atoms with Gasteiger partial charge in [-0.1, -0.05) is 0 Å². The second-order valence-electron chi connectivity index (χ2n) is 1.77. The lowest BCUT2D eigenvalue weighted by molar-refractivity contribution is -0.134. The van der Waals surface area contributed by atoms with Gasteiger partial charge < -0.3 is 20.1 Å². The Bertz CT molecular complexity index is 116. The van der Waals surface area contributed by atoms with Gasteiger partial charge >= 0.3 is 5.97 Å². The molecule has 7 heteroatoms. The highest BCUT2D eigenvalue weighted by Crippen LogP contribution is 1.96. The maximum Gasteiger partial charge on any atom is 0.326 e. The first kappa shape index (κ1) is 15.5. The van der Waals surface area contributed by atoms with Crippen molar-refractivity contribution < 1.29 is 24.9 Å². The van der Waals surface area contributed by atoms with Crippen molar-refractivity contribution in [3.8, 4) is 0 Å². The second-order valence-corrected chi connectivity index (χ2v) is 3.21. The van der Waals surface area contributed by atoms with Crippen molar-refractivity contribution in [1.29, 1.82) is 0 Å². The molecular formula is C6H14O5S2. The Balaban J connectivity index is 0. The smallest absolute Gasteiger partial charge is 0.326 e. The highest BCUT2D eigenvalue weighted by Gasteiger charge is 2.01. The fourth-order valence-electron chi connectivity index (χ4n) is 0.231. The van der Waals surface area contributed by atoms with Crippen molar-refractivity contribution in [1.82, 2.24) is 0 Å². The molecule has 0 aliphatic carbocycles. The Labute approximate surface area is 87.5 Å². The van der Waals surface area contributed by atoms with Crippen LogP contribution in [-0.2, 0) is 9.53 Å². The maximum absolute atomic E-state index is 9.55. The van der Waals surface area contributed by atoms with Crippen molar-refractivity contribution in [2.24, 2.45) is 0 Å². The van der Waals surface area contributed by atoms with Gasteiger partial charge in [-0.05, 0) is 0 Å². The molecule has 0 aliphatic heterocycles. The van der Waals surface area contributed by atoms with Gasteiger partial charge in [0, 0.05) is 0 Å². The molecule has 0 unspecified atom stereocenters. The summed E-state index contributed by atoms with van der Waals surface area (Å²) in [6.45, 7) is 0.696. The average molecular weight is 230 g/mol. The van der Waals surface area contributed by atoms with E-state index in [2.05, 4.69) is 30.0 Å². The summed E-state index contributed by atoms with van der Waals surface area (Å²) in [4.78, 5) is 9.55. The molecule has 0 aromatic rings. The van der Waals surface area contributed by atoms with E-state index < -0.39 is 10.6 Å².